The molecule has 0 bridgehead atoms. The molecule has 2 rings (SSSR count). The molecule has 1 aliphatic heterocycles. The van der Waals surface area contributed by atoms with Crippen LogP contribution in [0, 0.1) is 12.7 Å². The molecule has 3 heteroatoms. The van der Waals surface area contributed by atoms with Crippen LogP contribution >= 0.6 is 0 Å². The molecule has 1 aromatic rings. The first kappa shape index (κ1) is 13.2. The fourth-order valence-electron chi connectivity index (χ4n) is 2.29. The Bertz CT molecular complexity index is 423. The summed E-state index contributed by atoms with van der Waals surface area (Å²) in [5, 5.41) is 0. The topological polar surface area (TPSA) is 26.3 Å². The Labute approximate surface area is 107 Å². The molecule has 0 amide bonds. The molecule has 1 aliphatic rings. The second-order valence-electron chi connectivity index (χ2n) is 4.91. The van der Waals surface area contributed by atoms with Crippen molar-refractivity contribution >= 4 is 5.78 Å². The number of ketones is 1. The van der Waals surface area contributed by atoms with Gasteiger partial charge in [-0.25, -0.2) is 4.39 Å². The average molecular weight is 250 g/mol. The van der Waals surface area contributed by atoms with Gasteiger partial charge in [-0.15, -0.1) is 0 Å². The third-order valence-corrected chi connectivity index (χ3v) is 3.45. The van der Waals surface area contributed by atoms with Gasteiger partial charge in [0.05, 0.1) is 6.10 Å². The molecule has 18 heavy (non-hydrogen) atoms. The molecule has 0 N–H and O–H groups in total. The van der Waals surface area contributed by atoms with Crippen LogP contribution in [0.1, 0.15) is 48.0 Å². The second-order valence-corrected chi connectivity index (χ2v) is 4.91. The Morgan fingerprint density at radius 1 is 1.44 bits per heavy atom. The number of benzene rings is 1. The molecule has 1 atom stereocenters. The van der Waals surface area contributed by atoms with E-state index in [2.05, 4.69) is 0 Å². The van der Waals surface area contributed by atoms with Crippen molar-refractivity contribution in [3.63, 3.8) is 0 Å². The lowest BCUT2D eigenvalue weighted by Gasteiger charge is -2.22. The number of hydrogen-bond acceptors (Lipinski definition) is 2. The van der Waals surface area contributed by atoms with Crippen molar-refractivity contribution in [2.24, 2.45) is 0 Å². The van der Waals surface area contributed by atoms with E-state index < -0.39 is 0 Å². The van der Waals surface area contributed by atoms with Crippen molar-refractivity contribution in [1.29, 1.82) is 0 Å². The lowest BCUT2D eigenvalue weighted by molar-refractivity contribution is 0.0104. The highest BCUT2D eigenvalue weighted by Crippen LogP contribution is 2.19. The molecule has 0 radical (unpaired) electrons. The maximum atomic E-state index is 13.1. The van der Waals surface area contributed by atoms with Gasteiger partial charge in [-0.05, 0) is 56.4 Å². The standard InChI is InChI=1S/C15H19FO2/c1-11-10-12(5-7-14(11)16)15(17)8-6-13-4-2-3-9-18-13/h5,7,10,13H,2-4,6,8-9H2,1H3. The van der Waals surface area contributed by atoms with Gasteiger partial charge in [0.1, 0.15) is 5.82 Å². The van der Waals surface area contributed by atoms with E-state index in [-0.39, 0.29) is 17.7 Å². The number of carbonyl (C=O) groups is 1. The predicted octanol–water partition coefficient (Wildman–Crippen LogP) is 3.67. The number of carbonyl (C=O) groups excluding carboxylic acids is 1. The molecule has 0 saturated carbocycles. The summed E-state index contributed by atoms with van der Waals surface area (Å²) >= 11 is 0. The highest BCUT2D eigenvalue weighted by Gasteiger charge is 2.16. The molecule has 1 aromatic carbocycles. The van der Waals surface area contributed by atoms with Crippen LogP contribution in [0.2, 0.25) is 0 Å². The molecule has 2 nitrogen and oxygen atoms in total. The minimum Gasteiger partial charge on any atom is -0.378 e. The molecular weight excluding hydrogens is 231 g/mol. The lowest BCUT2D eigenvalue weighted by atomic mass is 9.99. The van der Waals surface area contributed by atoms with Gasteiger partial charge in [-0.3, -0.25) is 4.79 Å². The van der Waals surface area contributed by atoms with E-state index >= 15 is 0 Å². The van der Waals surface area contributed by atoms with Gasteiger partial charge in [-0.2, -0.15) is 0 Å². The van der Waals surface area contributed by atoms with E-state index in [1.54, 1.807) is 19.1 Å². The molecular formula is C15H19FO2. The minimum absolute atomic E-state index is 0.0762. The van der Waals surface area contributed by atoms with Crippen molar-refractivity contribution in [3.05, 3.63) is 35.1 Å². The summed E-state index contributed by atoms with van der Waals surface area (Å²) in [5.41, 5.74) is 1.12. The van der Waals surface area contributed by atoms with Crippen molar-refractivity contribution in [1.82, 2.24) is 0 Å². The summed E-state index contributed by atoms with van der Waals surface area (Å²) in [5.74, 6) is -0.186. The number of ether oxygens (including phenoxy) is 1. The van der Waals surface area contributed by atoms with Crippen molar-refractivity contribution < 1.29 is 13.9 Å². The summed E-state index contributed by atoms with van der Waals surface area (Å²) in [4.78, 5) is 12.0. The predicted molar refractivity (Wildman–Crippen MR) is 68.3 cm³/mol. The number of Topliss-reactive ketones (excluding diaryl/α,β-unsaturated/α-hetero) is 1. The number of halogens is 1. The fraction of sp³-hybridized carbons (Fsp3) is 0.533. The number of aryl methyl sites for hydroxylation is 1. The van der Waals surface area contributed by atoms with Gasteiger partial charge in [0.15, 0.2) is 5.78 Å². The SMILES string of the molecule is Cc1cc(C(=O)CCC2CCCCO2)ccc1F. The van der Waals surface area contributed by atoms with Crippen LogP contribution in [0.5, 0.6) is 0 Å². The first-order valence-electron chi connectivity index (χ1n) is 6.58. The zero-order chi connectivity index (χ0) is 13.0. The summed E-state index contributed by atoms with van der Waals surface area (Å²) in [6.07, 6.45) is 4.85. The molecule has 1 fully saturated rings. The van der Waals surface area contributed by atoms with E-state index in [1.807, 2.05) is 0 Å². The Morgan fingerprint density at radius 3 is 2.94 bits per heavy atom. The first-order chi connectivity index (χ1) is 8.66. The number of hydrogen-bond donors (Lipinski definition) is 0. The molecule has 0 aromatic heterocycles. The maximum Gasteiger partial charge on any atom is 0.162 e. The molecule has 1 saturated heterocycles. The van der Waals surface area contributed by atoms with Gasteiger partial charge in [-0.1, -0.05) is 0 Å². The van der Waals surface area contributed by atoms with Gasteiger partial charge >= 0.3 is 0 Å². The average Bonchev–Trinajstić information content (AvgIpc) is 2.40. The molecule has 98 valence electrons. The third-order valence-electron chi connectivity index (χ3n) is 3.45. The van der Waals surface area contributed by atoms with Crippen LogP contribution in [0.4, 0.5) is 4.39 Å². The molecule has 0 aliphatic carbocycles. The zero-order valence-corrected chi connectivity index (χ0v) is 10.7. The van der Waals surface area contributed by atoms with Crippen molar-refractivity contribution in [3.8, 4) is 0 Å². The van der Waals surface area contributed by atoms with E-state index in [9.17, 15) is 9.18 Å². The highest BCUT2D eigenvalue weighted by molar-refractivity contribution is 5.96. The Kier molecular flexibility index (Phi) is 4.48. The monoisotopic (exact) mass is 250 g/mol. The minimum atomic E-state index is -0.262. The van der Waals surface area contributed by atoms with Crippen LogP contribution in [0.25, 0.3) is 0 Å². The van der Waals surface area contributed by atoms with Gasteiger partial charge < -0.3 is 4.74 Å². The summed E-state index contributed by atoms with van der Waals surface area (Å²) in [7, 11) is 0. The molecule has 1 heterocycles. The first-order valence-corrected chi connectivity index (χ1v) is 6.58. The Morgan fingerprint density at radius 2 is 2.28 bits per heavy atom. The third kappa shape index (κ3) is 3.39. The zero-order valence-electron chi connectivity index (χ0n) is 10.7. The van der Waals surface area contributed by atoms with Gasteiger partial charge in [0.2, 0.25) is 0 Å². The van der Waals surface area contributed by atoms with Crippen LogP contribution in [0.3, 0.4) is 0 Å². The molecule has 1 unspecified atom stereocenters. The van der Waals surface area contributed by atoms with E-state index in [0.29, 0.717) is 17.5 Å². The van der Waals surface area contributed by atoms with Crippen LogP contribution in [0.15, 0.2) is 18.2 Å². The maximum absolute atomic E-state index is 13.1. The van der Waals surface area contributed by atoms with E-state index in [1.165, 1.54) is 12.5 Å². The van der Waals surface area contributed by atoms with Gasteiger partial charge in [0.25, 0.3) is 0 Å². The van der Waals surface area contributed by atoms with Crippen molar-refractivity contribution in [2.75, 3.05) is 6.61 Å². The number of rotatable bonds is 4. The van der Waals surface area contributed by atoms with E-state index in [0.717, 1.165) is 25.9 Å². The van der Waals surface area contributed by atoms with E-state index in [4.69, 9.17) is 4.74 Å². The lowest BCUT2D eigenvalue weighted by Crippen LogP contribution is -2.20. The van der Waals surface area contributed by atoms with Crippen LogP contribution in [-0.4, -0.2) is 18.5 Å². The second kappa shape index (κ2) is 6.10. The quantitative estimate of drug-likeness (QED) is 0.762. The molecule has 0 spiro atoms. The summed E-state index contributed by atoms with van der Waals surface area (Å²) in [6.45, 7) is 2.49. The Balaban J connectivity index is 1.88. The van der Waals surface area contributed by atoms with Crippen molar-refractivity contribution in [2.45, 2.75) is 45.1 Å². The fourth-order valence-corrected chi connectivity index (χ4v) is 2.29. The largest absolute Gasteiger partial charge is 0.378 e. The summed E-state index contributed by atoms with van der Waals surface area (Å²) in [6, 6.07) is 4.55. The van der Waals surface area contributed by atoms with Crippen LogP contribution in [-0.2, 0) is 4.74 Å². The normalized spacial score (nSPS) is 19.8. The highest BCUT2D eigenvalue weighted by atomic mass is 19.1. The smallest absolute Gasteiger partial charge is 0.162 e. The van der Waals surface area contributed by atoms with Crippen LogP contribution < -0.4 is 0 Å². The Hall–Kier alpha value is -1.22. The van der Waals surface area contributed by atoms with Gasteiger partial charge in [0, 0.05) is 18.6 Å². The summed E-state index contributed by atoms with van der Waals surface area (Å²) < 4.78 is 18.7.